The monoisotopic (exact) mass is 375 g/mol. The lowest BCUT2D eigenvalue weighted by molar-refractivity contribution is -0.117. The molecule has 8 heteroatoms. The highest BCUT2D eigenvalue weighted by Crippen LogP contribution is 2.39. The van der Waals surface area contributed by atoms with Crippen LogP contribution < -0.4 is 0 Å². The third-order valence-electron chi connectivity index (χ3n) is 4.02. The van der Waals surface area contributed by atoms with E-state index in [0.29, 0.717) is 43.1 Å². The van der Waals surface area contributed by atoms with Crippen molar-refractivity contribution < 1.29 is 14.3 Å². The molecule has 1 saturated heterocycles. The van der Waals surface area contributed by atoms with Crippen LogP contribution in [-0.2, 0) is 14.3 Å². The second kappa shape index (κ2) is 8.39. The maximum absolute atomic E-state index is 12.8. The molecule has 1 fully saturated rings. The van der Waals surface area contributed by atoms with Gasteiger partial charge in [0.1, 0.15) is 27.6 Å². The largest absolute Gasteiger partial charge is 0.378 e. The van der Waals surface area contributed by atoms with Crippen LogP contribution in [0.1, 0.15) is 13.8 Å². The summed E-state index contributed by atoms with van der Waals surface area (Å²) in [6, 6.07) is 3.95. The Morgan fingerprint density at radius 3 is 2.12 bits per heavy atom. The SMILES string of the molecule is CS/C(C#N)=C(/C#N)SC1=C(N2CCOCC2)C(=O)C(C)=C(C)C1=O. The summed E-state index contributed by atoms with van der Waals surface area (Å²) < 4.78 is 5.32. The zero-order valence-corrected chi connectivity index (χ0v) is 15.8. The zero-order chi connectivity index (χ0) is 18.6. The van der Waals surface area contributed by atoms with Crippen LogP contribution in [0, 0.1) is 22.7 Å². The summed E-state index contributed by atoms with van der Waals surface area (Å²) in [5, 5.41) is 18.6. The molecule has 0 aromatic rings. The van der Waals surface area contributed by atoms with Crippen LogP contribution >= 0.6 is 23.5 Å². The van der Waals surface area contributed by atoms with E-state index in [1.54, 1.807) is 20.1 Å². The van der Waals surface area contributed by atoms with Gasteiger partial charge in [0.15, 0.2) is 5.78 Å². The van der Waals surface area contributed by atoms with E-state index in [9.17, 15) is 20.1 Å². The average molecular weight is 375 g/mol. The summed E-state index contributed by atoms with van der Waals surface area (Å²) in [6.07, 6.45) is 1.69. The van der Waals surface area contributed by atoms with E-state index in [0.717, 1.165) is 23.5 Å². The molecule has 1 heterocycles. The Kier molecular flexibility index (Phi) is 6.49. The van der Waals surface area contributed by atoms with Gasteiger partial charge in [-0.05, 0) is 20.1 Å². The smallest absolute Gasteiger partial charge is 0.206 e. The van der Waals surface area contributed by atoms with Crippen molar-refractivity contribution in [3.8, 4) is 12.1 Å². The fourth-order valence-electron chi connectivity index (χ4n) is 2.48. The van der Waals surface area contributed by atoms with Gasteiger partial charge < -0.3 is 9.64 Å². The predicted octanol–water partition coefficient (Wildman–Crippen LogP) is 2.37. The molecule has 0 aromatic carbocycles. The maximum Gasteiger partial charge on any atom is 0.206 e. The van der Waals surface area contributed by atoms with Crippen LogP contribution in [0.4, 0.5) is 0 Å². The Morgan fingerprint density at radius 1 is 1.04 bits per heavy atom. The van der Waals surface area contributed by atoms with Crippen LogP contribution in [0.5, 0.6) is 0 Å². The first kappa shape index (κ1) is 19.3. The van der Waals surface area contributed by atoms with Gasteiger partial charge in [0.25, 0.3) is 0 Å². The highest BCUT2D eigenvalue weighted by molar-refractivity contribution is 8.09. The van der Waals surface area contributed by atoms with Crippen molar-refractivity contribution in [3.63, 3.8) is 0 Å². The summed E-state index contributed by atoms with van der Waals surface area (Å²) in [5.74, 6) is -0.476. The van der Waals surface area contributed by atoms with E-state index >= 15 is 0 Å². The minimum atomic E-state index is -0.269. The van der Waals surface area contributed by atoms with Gasteiger partial charge in [-0.25, -0.2) is 0 Å². The van der Waals surface area contributed by atoms with Gasteiger partial charge >= 0.3 is 0 Å². The molecule has 0 radical (unpaired) electrons. The van der Waals surface area contributed by atoms with Gasteiger partial charge in [-0.3, -0.25) is 9.59 Å². The molecule has 0 unspecified atom stereocenters. The fourth-order valence-corrected chi connectivity index (χ4v) is 4.13. The van der Waals surface area contributed by atoms with Gasteiger partial charge in [-0.2, -0.15) is 10.5 Å². The number of hydrogen-bond donors (Lipinski definition) is 0. The first-order valence-electron chi connectivity index (χ1n) is 7.56. The van der Waals surface area contributed by atoms with Crippen LogP contribution in [-0.4, -0.2) is 49.0 Å². The zero-order valence-electron chi connectivity index (χ0n) is 14.2. The molecule has 0 amide bonds. The number of carbonyl (C=O) groups is 2. The summed E-state index contributed by atoms with van der Waals surface area (Å²) in [7, 11) is 0. The molecule has 0 spiro atoms. The second-order valence-corrected chi connectivity index (χ2v) is 7.21. The summed E-state index contributed by atoms with van der Waals surface area (Å²) in [6.45, 7) is 5.20. The highest BCUT2D eigenvalue weighted by atomic mass is 32.2. The Hall–Kier alpha value is -2.00. The highest BCUT2D eigenvalue weighted by Gasteiger charge is 2.35. The number of Topliss-reactive ketones (excluding diaryl/α,β-unsaturated/α-hetero) is 2. The summed E-state index contributed by atoms with van der Waals surface area (Å²) in [5.41, 5.74) is 1.11. The number of ketones is 2. The van der Waals surface area contributed by atoms with Gasteiger partial charge in [-0.1, -0.05) is 11.8 Å². The van der Waals surface area contributed by atoms with E-state index in [4.69, 9.17) is 4.74 Å². The molecule has 0 bridgehead atoms. The molecule has 0 saturated carbocycles. The lowest BCUT2D eigenvalue weighted by atomic mass is 9.94. The van der Waals surface area contributed by atoms with Crippen molar-refractivity contribution >= 4 is 35.1 Å². The molecule has 130 valence electrons. The first-order valence-corrected chi connectivity index (χ1v) is 9.60. The van der Waals surface area contributed by atoms with Crippen molar-refractivity contribution in [1.29, 1.82) is 10.5 Å². The van der Waals surface area contributed by atoms with Crippen LogP contribution in [0.25, 0.3) is 0 Å². The normalized spacial score (nSPS) is 19.6. The molecule has 0 aromatic heterocycles. The molecule has 6 nitrogen and oxygen atoms in total. The molecular weight excluding hydrogens is 358 g/mol. The molecule has 25 heavy (non-hydrogen) atoms. The lowest BCUT2D eigenvalue weighted by Gasteiger charge is -2.33. The number of carbonyl (C=O) groups excluding carboxylic acids is 2. The van der Waals surface area contributed by atoms with Crippen LogP contribution in [0.15, 0.2) is 31.6 Å². The van der Waals surface area contributed by atoms with Crippen molar-refractivity contribution in [3.05, 3.63) is 31.6 Å². The van der Waals surface area contributed by atoms with Gasteiger partial charge in [0, 0.05) is 24.2 Å². The maximum atomic E-state index is 12.8. The number of allylic oxidation sites excluding steroid dienone is 5. The van der Waals surface area contributed by atoms with Crippen LogP contribution in [0.3, 0.4) is 0 Å². The topological polar surface area (TPSA) is 94.2 Å². The Labute approximate surface area is 155 Å². The average Bonchev–Trinajstić information content (AvgIpc) is 2.64. The lowest BCUT2D eigenvalue weighted by Crippen LogP contribution is -2.41. The van der Waals surface area contributed by atoms with Crippen molar-refractivity contribution in [2.45, 2.75) is 13.8 Å². The minimum Gasteiger partial charge on any atom is -0.378 e. The van der Waals surface area contributed by atoms with Gasteiger partial charge in [0.2, 0.25) is 5.78 Å². The number of thioether (sulfide) groups is 2. The number of ether oxygens (including phenoxy) is 1. The Morgan fingerprint density at radius 2 is 1.60 bits per heavy atom. The fraction of sp³-hybridized carbons (Fsp3) is 0.412. The number of nitrogens with zero attached hydrogens (tertiary/aromatic N) is 3. The minimum absolute atomic E-state index is 0.129. The molecule has 1 aliphatic heterocycles. The number of nitriles is 2. The van der Waals surface area contributed by atoms with Gasteiger partial charge in [0.05, 0.1) is 18.1 Å². The second-order valence-electron chi connectivity index (χ2n) is 5.37. The van der Waals surface area contributed by atoms with Crippen molar-refractivity contribution in [1.82, 2.24) is 4.90 Å². The van der Waals surface area contributed by atoms with E-state index in [-0.39, 0.29) is 26.3 Å². The van der Waals surface area contributed by atoms with E-state index in [1.165, 1.54) is 0 Å². The van der Waals surface area contributed by atoms with Crippen molar-refractivity contribution in [2.24, 2.45) is 0 Å². The third-order valence-corrected chi connectivity index (χ3v) is 5.94. The Balaban J connectivity index is 2.57. The quantitative estimate of drug-likeness (QED) is 0.546. The summed E-state index contributed by atoms with van der Waals surface area (Å²) >= 11 is 2.05. The molecular formula is C17H17N3O3S2. The predicted molar refractivity (Wildman–Crippen MR) is 97.2 cm³/mol. The van der Waals surface area contributed by atoms with E-state index < -0.39 is 0 Å². The molecule has 2 rings (SSSR count). The first-order chi connectivity index (χ1) is 12.0. The number of rotatable bonds is 4. The van der Waals surface area contributed by atoms with Gasteiger partial charge in [-0.15, -0.1) is 11.8 Å². The van der Waals surface area contributed by atoms with Crippen LogP contribution in [0.2, 0.25) is 0 Å². The Bertz CT molecular complexity index is 791. The van der Waals surface area contributed by atoms with Crippen molar-refractivity contribution in [2.75, 3.05) is 32.6 Å². The molecule has 0 N–H and O–H groups in total. The molecule has 0 atom stereocenters. The third kappa shape index (κ3) is 3.82. The van der Waals surface area contributed by atoms with E-state index in [1.807, 2.05) is 17.0 Å². The molecule has 1 aliphatic carbocycles. The van der Waals surface area contributed by atoms with E-state index in [2.05, 4.69) is 0 Å². The number of hydrogen-bond acceptors (Lipinski definition) is 8. The summed E-state index contributed by atoms with van der Waals surface area (Å²) in [4.78, 5) is 28.1. The number of morpholine rings is 1. The molecule has 2 aliphatic rings. The standard InChI is InChI=1S/C17H17N3O3S2/c1-10-11(2)16(22)17(25-13(9-19)12(8-18)24-3)14(15(10)21)20-4-6-23-7-5-20/h4-7H2,1-3H3/b13-12-.